The van der Waals surface area contributed by atoms with E-state index in [1.807, 2.05) is 0 Å². The molecular formula is C13H17N3O4S2. The highest BCUT2D eigenvalue weighted by atomic mass is 32.2. The summed E-state index contributed by atoms with van der Waals surface area (Å²) in [6.07, 6.45) is 0. The van der Waals surface area contributed by atoms with E-state index in [0.717, 1.165) is 11.8 Å². The third-order valence-electron chi connectivity index (χ3n) is 2.85. The predicted molar refractivity (Wildman–Crippen MR) is 87.0 cm³/mol. The molecule has 22 heavy (non-hydrogen) atoms. The molecule has 120 valence electrons. The third kappa shape index (κ3) is 3.77. The van der Waals surface area contributed by atoms with Crippen LogP contribution >= 0.6 is 11.8 Å². The number of rotatable bonds is 4. The summed E-state index contributed by atoms with van der Waals surface area (Å²) < 4.78 is 26.5. The monoisotopic (exact) mass is 343 g/mol. The molecule has 0 saturated carbocycles. The molecule has 0 amide bonds. The molecule has 0 spiro atoms. The molecule has 0 aromatic heterocycles. The largest absolute Gasteiger partial charge is 0.270 e. The predicted octanol–water partition coefficient (Wildman–Crippen LogP) is 2.17. The van der Waals surface area contributed by atoms with E-state index in [9.17, 15) is 18.5 Å². The van der Waals surface area contributed by atoms with Crippen molar-refractivity contribution in [3.63, 3.8) is 0 Å². The topological polar surface area (TPSA) is 102 Å². The second-order valence-corrected chi connectivity index (χ2v) is 9.31. The fraction of sp³-hybridized carbons (Fsp3) is 0.462. The SMILES string of the molecule is CC(C)(C)SCCN=C1NS(=O)(=O)c2cc([N+](=O)[O-])ccc21. The van der Waals surface area contributed by atoms with E-state index in [2.05, 4.69) is 30.5 Å². The number of amidine groups is 1. The maximum Gasteiger partial charge on any atom is 0.270 e. The van der Waals surface area contributed by atoms with Crippen molar-refractivity contribution in [2.75, 3.05) is 12.3 Å². The van der Waals surface area contributed by atoms with Gasteiger partial charge in [0.2, 0.25) is 0 Å². The van der Waals surface area contributed by atoms with Crippen molar-refractivity contribution in [1.29, 1.82) is 0 Å². The van der Waals surface area contributed by atoms with E-state index >= 15 is 0 Å². The van der Waals surface area contributed by atoms with Crippen LogP contribution in [-0.2, 0) is 10.0 Å². The number of benzene rings is 1. The van der Waals surface area contributed by atoms with Gasteiger partial charge in [0.25, 0.3) is 15.7 Å². The molecule has 0 fully saturated rings. The number of hydrogen-bond donors (Lipinski definition) is 1. The lowest BCUT2D eigenvalue weighted by Gasteiger charge is -2.16. The first-order valence-electron chi connectivity index (χ1n) is 6.60. The molecular weight excluding hydrogens is 326 g/mol. The molecule has 7 nitrogen and oxygen atoms in total. The maximum absolute atomic E-state index is 12.0. The van der Waals surface area contributed by atoms with Gasteiger partial charge in [-0.3, -0.25) is 19.8 Å². The minimum Gasteiger partial charge on any atom is -0.266 e. The number of thioether (sulfide) groups is 1. The van der Waals surface area contributed by atoms with E-state index in [1.54, 1.807) is 11.8 Å². The van der Waals surface area contributed by atoms with Crippen LogP contribution in [0.25, 0.3) is 0 Å². The van der Waals surface area contributed by atoms with Gasteiger partial charge in [-0.25, -0.2) is 8.42 Å². The van der Waals surface area contributed by atoms with Crippen LogP contribution in [0.3, 0.4) is 0 Å². The van der Waals surface area contributed by atoms with Gasteiger partial charge in [0.1, 0.15) is 10.7 Å². The molecule has 0 unspecified atom stereocenters. The molecule has 1 aliphatic heterocycles. The van der Waals surface area contributed by atoms with E-state index in [4.69, 9.17) is 0 Å². The summed E-state index contributed by atoms with van der Waals surface area (Å²) in [6.45, 7) is 6.75. The smallest absolute Gasteiger partial charge is 0.266 e. The number of aliphatic imine (C=N–C) groups is 1. The van der Waals surface area contributed by atoms with E-state index in [-0.39, 0.29) is 21.2 Å². The fourth-order valence-corrected chi connectivity index (χ4v) is 3.97. The third-order valence-corrected chi connectivity index (χ3v) is 5.48. The first-order chi connectivity index (χ1) is 10.1. The zero-order valence-corrected chi connectivity index (χ0v) is 14.1. The Hall–Kier alpha value is -1.61. The van der Waals surface area contributed by atoms with Crippen molar-refractivity contribution in [1.82, 2.24) is 4.72 Å². The second kappa shape index (κ2) is 5.88. The lowest BCUT2D eigenvalue weighted by atomic mass is 10.2. The number of nitro benzene ring substituents is 1. The van der Waals surface area contributed by atoms with Gasteiger partial charge in [-0.15, -0.1) is 0 Å². The Morgan fingerprint density at radius 3 is 2.64 bits per heavy atom. The highest BCUT2D eigenvalue weighted by molar-refractivity contribution is 8.00. The summed E-state index contributed by atoms with van der Waals surface area (Å²) in [6, 6.07) is 3.76. The van der Waals surface area contributed by atoms with Crippen molar-refractivity contribution in [2.24, 2.45) is 4.99 Å². The van der Waals surface area contributed by atoms with Crippen LogP contribution in [0.4, 0.5) is 5.69 Å². The highest BCUT2D eigenvalue weighted by Gasteiger charge is 2.32. The van der Waals surface area contributed by atoms with E-state index in [1.165, 1.54) is 12.1 Å². The molecule has 0 aliphatic carbocycles. The molecule has 1 N–H and O–H groups in total. The van der Waals surface area contributed by atoms with Gasteiger partial charge in [-0.2, -0.15) is 11.8 Å². The number of non-ortho nitro benzene ring substituents is 1. The summed E-state index contributed by atoms with van der Waals surface area (Å²) in [5, 5.41) is 10.8. The summed E-state index contributed by atoms with van der Waals surface area (Å²) in [5.74, 6) is 1.01. The molecule has 1 aromatic carbocycles. The quantitative estimate of drug-likeness (QED) is 0.513. The lowest BCUT2D eigenvalue weighted by molar-refractivity contribution is -0.385. The van der Waals surface area contributed by atoms with Crippen molar-refractivity contribution in [3.8, 4) is 0 Å². The van der Waals surface area contributed by atoms with E-state index < -0.39 is 14.9 Å². The molecule has 0 saturated heterocycles. The highest BCUT2D eigenvalue weighted by Crippen LogP contribution is 2.27. The Balaban J connectivity index is 2.24. The molecule has 1 aromatic rings. The second-order valence-electron chi connectivity index (χ2n) is 5.73. The first kappa shape index (κ1) is 16.8. The minimum atomic E-state index is -3.77. The maximum atomic E-state index is 12.0. The van der Waals surface area contributed by atoms with Crippen LogP contribution in [0.2, 0.25) is 0 Å². The molecule has 1 aliphatic rings. The standard InChI is InChI=1S/C13H17N3O4S2/c1-13(2,3)21-7-6-14-12-10-5-4-9(16(17)18)8-11(10)22(19,20)15-12/h4-5,8H,6-7H2,1-3H3,(H,14,15). The zero-order valence-electron chi connectivity index (χ0n) is 12.5. The lowest BCUT2D eigenvalue weighted by Crippen LogP contribution is -2.22. The Bertz CT molecular complexity index is 736. The van der Waals surface area contributed by atoms with Crippen molar-refractivity contribution in [2.45, 2.75) is 30.4 Å². The first-order valence-corrected chi connectivity index (χ1v) is 9.07. The molecule has 9 heteroatoms. The van der Waals surface area contributed by atoms with Gasteiger partial charge in [-0.05, 0) is 6.07 Å². The van der Waals surface area contributed by atoms with Crippen LogP contribution in [0.5, 0.6) is 0 Å². The van der Waals surface area contributed by atoms with Crippen molar-refractivity contribution in [3.05, 3.63) is 33.9 Å². The van der Waals surface area contributed by atoms with Crippen molar-refractivity contribution >= 4 is 33.3 Å². The van der Waals surface area contributed by atoms with Crippen LogP contribution in [0, 0.1) is 10.1 Å². The molecule has 1 heterocycles. The normalized spacial score (nSPS) is 18.0. The molecule has 2 rings (SSSR count). The summed E-state index contributed by atoms with van der Waals surface area (Å²) in [5.41, 5.74) is 0.125. The van der Waals surface area contributed by atoms with Gasteiger partial charge < -0.3 is 0 Å². The minimum absolute atomic E-state index is 0.0936. The number of nitrogens with zero attached hydrogens (tertiary/aromatic N) is 2. The Kier molecular flexibility index (Phi) is 4.48. The van der Waals surface area contributed by atoms with Gasteiger partial charge in [0.05, 0.1) is 11.5 Å². The average molecular weight is 343 g/mol. The zero-order chi connectivity index (χ0) is 16.5. The van der Waals surface area contributed by atoms with Gasteiger partial charge in [0, 0.05) is 28.2 Å². The summed E-state index contributed by atoms with van der Waals surface area (Å²) in [4.78, 5) is 14.3. The number of nitrogens with one attached hydrogen (secondary N) is 1. The number of sulfonamides is 1. The average Bonchev–Trinajstić information content (AvgIpc) is 2.65. The molecule has 0 atom stereocenters. The summed E-state index contributed by atoms with van der Waals surface area (Å²) in [7, 11) is -3.77. The Labute approximate surface area is 133 Å². The van der Waals surface area contributed by atoms with Crippen molar-refractivity contribution < 1.29 is 13.3 Å². The van der Waals surface area contributed by atoms with E-state index in [0.29, 0.717) is 12.1 Å². The van der Waals surface area contributed by atoms with Crippen LogP contribution in [0.15, 0.2) is 28.1 Å². The number of nitro groups is 1. The summed E-state index contributed by atoms with van der Waals surface area (Å²) >= 11 is 1.73. The Morgan fingerprint density at radius 2 is 2.05 bits per heavy atom. The number of fused-ring (bicyclic) bond motifs is 1. The number of hydrogen-bond acceptors (Lipinski definition) is 6. The van der Waals surface area contributed by atoms with Crippen LogP contribution in [-0.4, -0.2) is 36.2 Å². The van der Waals surface area contributed by atoms with Gasteiger partial charge in [0.15, 0.2) is 0 Å². The fourth-order valence-electron chi connectivity index (χ4n) is 1.91. The Morgan fingerprint density at radius 1 is 1.36 bits per heavy atom. The van der Waals surface area contributed by atoms with Crippen LogP contribution in [0.1, 0.15) is 26.3 Å². The van der Waals surface area contributed by atoms with Crippen LogP contribution < -0.4 is 4.72 Å². The molecule has 0 bridgehead atoms. The van der Waals surface area contributed by atoms with Gasteiger partial charge in [-0.1, -0.05) is 20.8 Å². The molecule has 0 radical (unpaired) electrons. The van der Waals surface area contributed by atoms with Gasteiger partial charge >= 0.3 is 0 Å².